The highest BCUT2D eigenvalue weighted by Gasteiger charge is 2.44. The number of carbonyl (C=O) groups is 2. The summed E-state index contributed by atoms with van der Waals surface area (Å²) in [5, 5.41) is 27.3. The average molecular weight is 688 g/mol. The van der Waals surface area contributed by atoms with Crippen molar-refractivity contribution in [3.63, 3.8) is 0 Å². The van der Waals surface area contributed by atoms with Crippen molar-refractivity contribution in [3.05, 3.63) is 60.1 Å². The van der Waals surface area contributed by atoms with E-state index in [0.29, 0.717) is 12.2 Å². The van der Waals surface area contributed by atoms with E-state index in [9.17, 15) is 22.8 Å². The van der Waals surface area contributed by atoms with Gasteiger partial charge in [0.15, 0.2) is 0 Å². The summed E-state index contributed by atoms with van der Waals surface area (Å²) in [6.07, 6.45) is 5.75. The van der Waals surface area contributed by atoms with E-state index in [4.69, 9.17) is 21.7 Å². The molecule has 1 fully saturated rings. The summed E-state index contributed by atoms with van der Waals surface area (Å²) in [5.74, 6) is 0.434. The maximum absolute atomic E-state index is 13.4. The molecule has 1 aliphatic heterocycles. The Morgan fingerprint density at radius 2 is 1.61 bits per heavy atom. The molecule has 0 bridgehead atoms. The molecule has 256 valence electrons. The number of halogens is 3. The number of hydrogen-bond donors (Lipinski definition) is 5. The number of thioether (sulfide) groups is 2. The number of carboxylic acids is 2. The molecule has 4 atom stereocenters. The van der Waals surface area contributed by atoms with Crippen molar-refractivity contribution in [1.29, 1.82) is 0 Å². The minimum absolute atomic E-state index is 0.0934. The van der Waals surface area contributed by atoms with Gasteiger partial charge < -0.3 is 26.7 Å². The molecule has 1 aromatic heterocycles. The molecule has 0 amide bonds. The number of rotatable bonds is 17. The van der Waals surface area contributed by atoms with E-state index in [1.807, 2.05) is 42.1 Å². The molecule has 1 aliphatic carbocycles. The predicted molar refractivity (Wildman–Crippen MR) is 174 cm³/mol. The summed E-state index contributed by atoms with van der Waals surface area (Å²) in [6, 6.07) is 5.60. The fraction of sp³-hybridized carbons (Fsp3) is 0.600. The van der Waals surface area contributed by atoms with Crippen LogP contribution in [-0.2, 0) is 15.1 Å². The molecule has 0 saturated heterocycles. The van der Waals surface area contributed by atoms with Crippen LogP contribution in [0.25, 0.3) is 0 Å². The van der Waals surface area contributed by atoms with Crippen molar-refractivity contribution < 1.29 is 33.0 Å². The van der Waals surface area contributed by atoms with E-state index in [0.717, 1.165) is 47.0 Å². The van der Waals surface area contributed by atoms with Crippen LogP contribution in [0.1, 0.15) is 62.2 Å². The number of aromatic nitrogens is 3. The Hall–Kier alpha value is -2.79. The SMILES string of the molecule is Cc1cnn(C2(CCSCCC(N)C(=O)O)CCC2)n1.NC(CCSCCC(N1C=CC(c2ccccc2)N1)C(F)(F)F)C(=O)O. The zero-order chi connectivity index (χ0) is 33.7. The Labute approximate surface area is 275 Å². The van der Waals surface area contributed by atoms with Crippen molar-refractivity contribution in [2.75, 3.05) is 23.0 Å². The molecular formula is C30H44F3N7O4S2. The summed E-state index contributed by atoms with van der Waals surface area (Å²) >= 11 is 3.04. The maximum atomic E-state index is 13.4. The van der Waals surface area contributed by atoms with Crippen molar-refractivity contribution in [1.82, 2.24) is 25.4 Å². The van der Waals surface area contributed by atoms with Crippen LogP contribution in [0.3, 0.4) is 0 Å². The van der Waals surface area contributed by atoms with E-state index in [-0.39, 0.29) is 30.2 Å². The van der Waals surface area contributed by atoms with Crippen LogP contribution in [0.5, 0.6) is 0 Å². The Bertz CT molecular complexity index is 1260. The van der Waals surface area contributed by atoms with Gasteiger partial charge in [0.25, 0.3) is 0 Å². The van der Waals surface area contributed by atoms with Crippen molar-refractivity contribution in [3.8, 4) is 0 Å². The van der Waals surface area contributed by atoms with E-state index in [2.05, 4.69) is 15.6 Å². The van der Waals surface area contributed by atoms with Crippen LogP contribution in [0.2, 0.25) is 0 Å². The summed E-state index contributed by atoms with van der Waals surface area (Å²) < 4.78 is 40.3. The Morgan fingerprint density at radius 1 is 1.02 bits per heavy atom. The van der Waals surface area contributed by atoms with Crippen LogP contribution >= 0.6 is 23.5 Å². The lowest BCUT2D eigenvalue weighted by Crippen LogP contribution is -2.48. The third-order valence-corrected chi connectivity index (χ3v) is 10.0. The Kier molecular flexibility index (Phi) is 14.7. The highest BCUT2D eigenvalue weighted by molar-refractivity contribution is 7.99. The molecule has 1 saturated carbocycles. The zero-order valence-corrected chi connectivity index (χ0v) is 27.4. The number of benzene rings is 1. The molecule has 2 aromatic rings. The highest BCUT2D eigenvalue weighted by Crippen LogP contribution is 2.42. The molecule has 2 heterocycles. The number of nitrogens with one attached hydrogen (secondary N) is 1. The number of alkyl halides is 3. The van der Waals surface area contributed by atoms with Crippen molar-refractivity contribution in [2.45, 2.75) is 87.8 Å². The van der Waals surface area contributed by atoms with Gasteiger partial charge in [0.05, 0.1) is 23.5 Å². The van der Waals surface area contributed by atoms with Gasteiger partial charge in [-0.2, -0.15) is 51.7 Å². The highest BCUT2D eigenvalue weighted by atomic mass is 32.2. The van der Waals surface area contributed by atoms with Crippen molar-refractivity contribution >= 4 is 35.5 Å². The number of carboxylic acid groups (broad SMARTS) is 2. The van der Waals surface area contributed by atoms with Crippen molar-refractivity contribution in [2.24, 2.45) is 11.5 Å². The number of aliphatic carboxylic acids is 2. The molecule has 2 aliphatic rings. The van der Waals surface area contributed by atoms with Crippen LogP contribution in [0, 0.1) is 6.92 Å². The molecule has 7 N–H and O–H groups in total. The first-order valence-electron chi connectivity index (χ1n) is 15.2. The lowest BCUT2D eigenvalue weighted by molar-refractivity contribution is -0.183. The lowest BCUT2D eigenvalue weighted by Gasteiger charge is -2.40. The molecule has 11 nitrogen and oxygen atoms in total. The zero-order valence-electron chi connectivity index (χ0n) is 25.8. The number of aryl methyl sites for hydroxylation is 1. The van der Waals surface area contributed by atoms with Gasteiger partial charge in [0.1, 0.15) is 18.1 Å². The van der Waals surface area contributed by atoms with E-state index >= 15 is 0 Å². The summed E-state index contributed by atoms with van der Waals surface area (Å²) in [7, 11) is 0. The normalized spacial score (nSPS) is 19.1. The second-order valence-corrected chi connectivity index (χ2v) is 13.9. The van der Waals surface area contributed by atoms with E-state index in [1.165, 1.54) is 24.4 Å². The monoisotopic (exact) mass is 687 g/mol. The summed E-state index contributed by atoms with van der Waals surface area (Å²) in [5.41, 5.74) is 15.7. The molecule has 1 aromatic carbocycles. The third-order valence-electron chi connectivity index (χ3n) is 7.94. The lowest BCUT2D eigenvalue weighted by atomic mass is 9.75. The van der Waals surface area contributed by atoms with E-state index < -0.39 is 36.2 Å². The predicted octanol–water partition coefficient (Wildman–Crippen LogP) is 4.31. The Balaban J connectivity index is 0.000000259. The molecule has 0 radical (unpaired) electrons. The third kappa shape index (κ3) is 11.5. The van der Waals surface area contributed by atoms with Gasteiger partial charge in [0, 0.05) is 6.20 Å². The topological polar surface area (TPSA) is 173 Å². The fourth-order valence-electron chi connectivity index (χ4n) is 4.96. The molecule has 4 rings (SSSR count). The number of hydrogen-bond acceptors (Lipinski definition) is 10. The minimum Gasteiger partial charge on any atom is -0.480 e. The smallest absolute Gasteiger partial charge is 0.410 e. The quantitative estimate of drug-likeness (QED) is 0.150. The van der Waals surface area contributed by atoms with Crippen LogP contribution in [0.15, 0.2) is 48.8 Å². The van der Waals surface area contributed by atoms with Crippen LogP contribution < -0.4 is 16.9 Å². The van der Waals surface area contributed by atoms with Crippen LogP contribution in [-0.4, -0.2) is 89.5 Å². The standard InChI is InChI=1S/C17H22F3N3O2S.C13H22N4O2S/c18-17(19,20)15(8-11-26-10-7-13(21)16(24)25)23-9-6-14(22-23)12-4-2-1-3-5-12;1-10-9-15-17(16-10)13(4-2-5-13)6-8-20-7-3-11(14)12(18)19/h1-6,9,13-15,22H,7-8,10-11,21H2,(H,24,25);9,11H,2-8,14H2,1H3,(H,18,19). The first-order valence-corrected chi connectivity index (χ1v) is 17.5. The summed E-state index contributed by atoms with van der Waals surface area (Å²) in [4.78, 5) is 23.1. The van der Waals surface area contributed by atoms with Gasteiger partial charge in [-0.25, -0.2) is 5.43 Å². The van der Waals surface area contributed by atoms with Gasteiger partial charge >= 0.3 is 18.1 Å². The average Bonchev–Trinajstić information content (AvgIpc) is 3.65. The fourth-order valence-corrected chi connectivity index (χ4v) is 7.12. The van der Waals surface area contributed by atoms with Gasteiger partial charge in [-0.15, -0.1) is 0 Å². The van der Waals surface area contributed by atoms with Gasteiger partial charge in [-0.3, -0.25) is 9.59 Å². The molecule has 0 spiro atoms. The molecule has 16 heteroatoms. The maximum Gasteiger partial charge on any atom is 0.410 e. The second kappa shape index (κ2) is 17.9. The number of nitrogens with two attached hydrogens (primary N) is 2. The van der Waals surface area contributed by atoms with Crippen LogP contribution in [0.4, 0.5) is 13.2 Å². The minimum atomic E-state index is -4.37. The Morgan fingerprint density at radius 3 is 2.11 bits per heavy atom. The molecule has 4 unspecified atom stereocenters. The van der Waals surface area contributed by atoms with Gasteiger partial charge in [-0.1, -0.05) is 30.3 Å². The second-order valence-electron chi connectivity index (χ2n) is 11.4. The summed E-state index contributed by atoms with van der Waals surface area (Å²) in [6.45, 7) is 1.96. The first kappa shape index (κ1) is 37.7. The first-order chi connectivity index (χ1) is 21.8. The van der Waals surface area contributed by atoms with Gasteiger partial charge in [-0.05, 0) is 86.5 Å². The largest absolute Gasteiger partial charge is 0.480 e. The number of nitrogens with zero attached hydrogens (tertiary/aromatic N) is 4. The molecule has 46 heavy (non-hydrogen) atoms. The van der Waals surface area contributed by atoms with E-state index in [1.54, 1.807) is 24.0 Å². The number of hydrazine groups is 1. The van der Waals surface area contributed by atoms with Gasteiger partial charge in [0.2, 0.25) is 0 Å². The molecular weight excluding hydrogens is 644 g/mol.